The van der Waals surface area contributed by atoms with Gasteiger partial charge < -0.3 is 25.4 Å². The summed E-state index contributed by atoms with van der Waals surface area (Å²) in [5.41, 5.74) is 4.67. The van der Waals surface area contributed by atoms with Crippen LogP contribution in [0, 0.1) is 0 Å². The highest BCUT2D eigenvalue weighted by molar-refractivity contribution is 7.51. The number of nitrogen functional groups attached to an aromatic ring is 1. The number of rotatable bonds is 7. The molecule has 1 aromatic rings. The van der Waals surface area contributed by atoms with Crippen LogP contribution in [-0.4, -0.2) is 43.5 Å². The van der Waals surface area contributed by atoms with Gasteiger partial charge in [0.1, 0.15) is 12.2 Å². The lowest BCUT2D eigenvalue weighted by molar-refractivity contribution is 0.0188. The number of aliphatic hydroxyl groups is 1. The molecule has 22 heavy (non-hydrogen) atoms. The van der Waals surface area contributed by atoms with E-state index in [1.807, 2.05) is 0 Å². The zero-order valence-electron chi connectivity index (χ0n) is 12.8. The van der Waals surface area contributed by atoms with Crippen molar-refractivity contribution in [2.24, 2.45) is 0 Å². The van der Waals surface area contributed by atoms with E-state index in [9.17, 15) is 9.36 Å². The molecule has 0 aliphatic carbocycles. The molecule has 0 fully saturated rings. The Morgan fingerprint density at radius 3 is 2.41 bits per heavy atom. The first kappa shape index (κ1) is 20.8. The molecule has 1 atom stereocenters. The maximum absolute atomic E-state index is 11.4. The normalized spacial score (nSPS) is 12.4. The number of aliphatic hydroxyl groups excluding tert-OH is 1. The minimum Gasteiger partial charge on any atom is -0.394 e. The summed E-state index contributed by atoms with van der Waals surface area (Å²) in [6.45, 7) is 3.79. The zero-order valence-corrected chi connectivity index (χ0v) is 13.6. The van der Waals surface area contributed by atoms with Crippen molar-refractivity contribution in [1.29, 1.82) is 0 Å². The molecule has 1 heterocycles. The van der Waals surface area contributed by atoms with Gasteiger partial charge in [-0.05, 0) is 6.07 Å². The highest BCUT2D eigenvalue weighted by Crippen LogP contribution is 2.34. The Morgan fingerprint density at radius 2 is 2.00 bits per heavy atom. The van der Waals surface area contributed by atoms with Gasteiger partial charge >= 0.3 is 13.3 Å². The van der Waals surface area contributed by atoms with E-state index < -0.39 is 32.3 Å². The molecule has 9 nitrogen and oxygen atoms in total. The Hall–Kier alpha value is -1.25. The highest BCUT2D eigenvalue weighted by atomic mass is 31.2. The third-order valence-electron chi connectivity index (χ3n) is 2.48. The van der Waals surface area contributed by atoms with Crippen LogP contribution in [-0.2, 0) is 15.8 Å². The fourth-order valence-electron chi connectivity index (χ4n) is 1.17. The smallest absolute Gasteiger partial charge is 0.350 e. The van der Waals surface area contributed by atoms with E-state index >= 15 is 0 Å². The number of nitrogens with zero attached hydrogens (tertiary/aromatic N) is 2. The third kappa shape index (κ3) is 9.64. The van der Waals surface area contributed by atoms with Crippen molar-refractivity contribution in [1.82, 2.24) is 9.55 Å². The van der Waals surface area contributed by atoms with Gasteiger partial charge in [-0.25, -0.2) is 4.79 Å². The number of anilines is 1. The van der Waals surface area contributed by atoms with Gasteiger partial charge in [-0.1, -0.05) is 26.7 Å². The van der Waals surface area contributed by atoms with Crippen molar-refractivity contribution >= 4 is 13.4 Å². The molecule has 0 spiro atoms. The summed E-state index contributed by atoms with van der Waals surface area (Å²) in [7, 11) is -4.31. The van der Waals surface area contributed by atoms with Crippen molar-refractivity contribution in [3.63, 3.8) is 0 Å². The predicted octanol–water partition coefficient (Wildman–Crippen LogP) is 0.145. The molecule has 1 aromatic heterocycles. The Labute approximate surface area is 128 Å². The molecule has 0 amide bonds. The number of nitrogens with two attached hydrogens (primary N) is 1. The van der Waals surface area contributed by atoms with Gasteiger partial charge in [0.05, 0.1) is 19.3 Å². The van der Waals surface area contributed by atoms with Crippen molar-refractivity contribution in [3.05, 3.63) is 22.7 Å². The Bertz CT molecular complexity index is 528. The van der Waals surface area contributed by atoms with Crippen LogP contribution in [0.25, 0.3) is 0 Å². The summed E-state index contributed by atoms with van der Waals surface area (Å²) >= 11 is 0. The van der Waals surface area contributed by atoms with Crippen LogP contribution in [0.4, 0.5) is 5.82 Å². The van der Waals surface area contributed by atoms with Crippen LogP contribution in [0.3, 0.4) is 0 Å². The van der Waals surface area contributed by atoms with Gasteiger partial charge in [-0.15, -0.1) is 0 Å². The minimum atomic E-state index is -4.31. The number of hydrogen-bond acceptors (Lipinski definition) is 6. The highest BCUT2D eigenvalue weighted by Gasteiger charge is 2.18. The maximum Gasteiger partial charge on any atom is 0.350 e. The minimum absolute atomic E-state index is 0.0629. The van der Waals surface area contributed by atoms with Crippen LogP contribution >= 0.6 is 7.60 Å². The van der Waals surface area contributed by atoms with Gasteiger partial charge in [0, 0.05) is 6.20 Å². The summed E-state index contributed by atoms with van der Waals surface area (Å²) < 4.78 is 16.5. The summed E-state index contributed by atoms with van der Waals surface area (Å²) in [5.74, 6) is 0.0629. The van der Waals surface area contributed by atoms with E-state index in [1.165, 1.54) is 25.1 Å². The van der Waals surface area contributed by atoms with Crippen molar-refractivity contribution in [2.75, 3.05) is 18.7 Å². The molecule has 0 aliphatic rings. The lowest BCUT2D eigenvalue weighted by Gasteiger charge is -2.16. The molecule has 0 bridgehead atoms. The van der Waals surface area contributed by atoms with Crippen molar-refractivity contribution < 1.29 is 24.2 Å². The fraction of sp³-hybridized carbons (Fsp3) is 0.667. The van der Waals surface area contributed by atoms with Crippen molar-refractivity contribution in [3.8, 4) is 0 Å². The number of ether oxygens (including phenoxy) is 1. The first-order chi connectivity index (χ1) is 10.2. The average Bonchev–Trinajstić information content (AvgIpc) is 2.45. The molecule has 0 aliphatic heterocycles. The monoisotopic (exact) mass is 337 g/mol. The summed E-state index contributed by atoms with van der Waals surface area (Å²) in [5, 5.41) is 8.99. The van der Waals surface area contributed by atoms with E-state index in [0.29, 0.717) is 0 Å². The number of aromatic nitrogens is 2. The lowest BCUT2D eigenvalue weighted by Crippen LogP contribution is -2.32. The number of hydrogen-bond donors (Lipinski definition) is 4. The topological polar surface area (TPSA) is 148 Å². The molecule has 1 rings (SSSR count). The second kappa shape index (κ2) is 10.5. The molecule has 0 saturated carbocycles. The molecular formula is C12H24N3O6P. The van der Waals surface area contributed by atoms with E-state index in [4.69, 9.17) is 25.4 Å². The van der Waals surface area contributed by atoms with Crippen LogP contribution < -0.4 is 11.4 Å². The molecule has 0 saturated heterocycles. The molecule has 0 unspecified atom stereocenters. The van der Waals surface area contributed by atoms with Crippen molar-refractivity contribution in [2.45, 2.75) is 39.3 Å². The molecule has 128 valence electrons. The fourth-order valence-corrected chi connectivity index (χ4v) is 1.57. The Kier molecular flexibility index (Phi) is 9.88. The maximum atomic E-state index is 11.4. The zero-order chi connectivity index (χ0) is 17.2. The lowest BCUT2D eigenvalue weighted by atomic mass is 10.3. The van der Waals surface area contributed by atoms with Crippen LogP contribution in [0.5, 0.6) is 0 Å². The predicted molar refractivity (Wildman–Crippen MR) is 82.4 cm³/mol. The van der Waals surface area contributed by atoms with Crippen LogP contribution in [0.1, 0.15) is 26.7 Å². The Morgan fingerprint density at radius 1 is 1.41 bits per heavy atom. The molecule has 0 radical (unpaired) electrons. The largest absolute Gasteiger partial charge is 0.394 e. The second-order valence-electron chi connectivity index (χ2n) is 4.55. The average molecular weight is 337 g/mol. The first-order valence-electron chi connectivity index (χ1n) is 6.83. The second-order valence-corrected chi connectivity index (χ2v) is 6.14. The Balaban J connectivity index is 0.000000980. The summed E-state index contributed by atoms with van der Waals surface area (Å²) in [6.07, 6.45) is 2.25. The molecule has 0 aromatic carbocycles. The molecule has 5 N–H and O–H groups in total. The van der Waals surface area contributed by atoms with Crippen LogP contribution in [0.15, 0.2) is 17.1 Å². The summed E-state index contributed by atoms with van der Waals surface area (Å²) in [6, 6.07) is 1.39. The van der Waals surface area contributed by atoms with Gasteiger partial charge in [-0.3, -0.25) is 9.13 Å². The molecular weight excluding hydrogens is 313 g/mol. The van der Waals surface area contributed by atoms with Gasteiger partial charge in [0.25, 0.3) is 0 Å². The van der Waals surface area contributed by atoms with E-state index in [-0.39, 0.29) is 12.4 Å². The quantitative estimate of drug-likeness (QED) is 0.514. The number of unbranched alkanes of at least 4 members (excludes halogenated alkanes) is 1. The molecule has 10 heteroatoms. The van der Waals surface area contributed by atoms with Gasteiger partial charge in [0.15, 0.2) is 0 Å². The van der Waals surface area contributed by atoms with Crippen LogP contribution in [0.2, 0.25) is 0 Å². The third-order valence-corrected chi connectivity index (χ3v) is 2.96. The SMILES string of the molecule is CCCC.Nc1ccn(C[C@@H](CO)OCP(=O)(O)O)c(=O)n1. The summed E-state index contributed by atoms with van der Waals surface area (Å²) in [4.78, 5) is 32.1. The van der Waals surface area contributed by atoms with E-state index in [2.05, 4.69) is 18.8 Å². The van der Waals surface area contributed by atoms with Gasteiger partial charge in [0.2, 0.25) is 0 Å². The van der Waals surface area contributed by atoms with Gasteiger partial charge in [-0.2, -0.15) is 4.98 Å². The standard InChI is InChI=1S/C8H14N3O6P.C4H10/c9-7-1-2-11(8(13)10-7)3-6(4-12)17-5-18(14,15)16;1-3-4-2/h1-2,6,12H,3-5H2,(H2,9,10,13)(H2,14,15,16);3-4H2,1-2H3/t6-;/m0./s1. The first-order valence-corrected chi connectivity index (χ1v) is 8.63. The van der Waals surface area contributed by atoms with E-state index in [0.717, 1.165) is 4.57 Å². The van der Waals surface area contributed by atoms with E-state index in [1.54, 1.807) is 0 Å².